The smallest absolute Gasteiger partial charge is 0.353 e. The summed E-state index contributed by atoms with van der Waals surface area (Å²) in [7, 11) is 0. The van der Waals surface area contributed by atoms with Gasteiger partial charge in [-0.25, -0.2) is 9.97 Å². The minimum absolute atomic E-state index is 0.00919. The lowest BCUT2D eigenvalue weighted by molar-refractivity contribution is -0.383. The molecule has 10 heteroatoms. The van der Waals surface area contributed by atoms with Crippen molar-refractivity contribution in [2.24, 2.45) is 0 Å². The van der Waals surface area contributed by atoms with Crippen LogP contribution in [0.3, 0.4) is 0 Å². The highest BCUT2D eigenvalue weighted by Gasteiger charge is 2.23. The highest BCUT2D eigenvalue weighted by atomic mass is 35.5. The van der Waals surface area contributed by atoms with Crippen molar-refractivity contribution >= 4 is 51.9 Å². The van der Waals surface area contributed by atoms with E-state index in [9.17, 15) is 10.1 Å². The predicted molar refractivity (Wildman–Crippen MR) is 125 cm³/mol. The third-order valence-electron chi connectivity index (χ3n) is 4.28. The lowest BCUT2D eigenvalue weighted by Crippen LogP contribution is -2.05. The van der Waals surface area contributed by atoms with Crippen LogP contribution in [0.25, 0.3) is 0 Å². The molecule has 0 bridgehead atoms. The molecule has 0 saturated heterocycles. The number of hydrogen-bond acceptors (Lipinski definition) is 7. The molecular formula is C22H15Cl2N5O3. The Morgan fingerprint density at radius 3 is 2.00 bits per heavy atom. The summed E-state index contributed by atoms with van der Waals surface area (Å²) in [5.74, 6) is 1.37. The number of anilines is 4. The molecule has 0 radical (unpaired) electrons. The van der Waals surface area contributed by atoms with Crippen molar-refractivity contribution in [2.45, 2.75) is 0 Å². The van der Waals surface area contributed by atoms with Crippen LogP contribution < -0.4 is 15.4 Å². The maximum Gasteiger partial charge on any atom is 0.353 e. The summed E-state index contributed by atoms with van der Waals surface area (Å²) in [6.07, 6.45) is 1.22. The Morgan fingerprint density at radius 2 is 1.38 bits per heavy atom. The molecule has 4 rings (SSSR count). The molecule has 160 valence electrons. The van der Waals surface area contributed by atoms with Crippen LogP contribution >= 0.6 is 23.2 Å². The van der Waals surface area contributed by atoms with Crippen LogP contribution in [0.4, 0.5) is 28.7 Å². The van der Waals surface area contributed by atoms with Gasteiger partial charge in [0.2, 0.25) is 11.6 Å². The summed E-state index contributed by atoms with van der Waals surface area (Å²) < 4.78 is 5.76. The Labute approximate surface area is 193 Å². The molecule has 0 aliphatic heterocycles. The molecule has 3 aromatic carbocycles. The molecule has 0 fully saturated rings. The zero-order valence-corrected chi connectivity index (χ0v) is 17.8. The average molecular weight is 468 g/mol. The van der Waals surface area contributed by atoms with Crippen LogP contribution in [0.1, 0.15) is 0 Å². The van der Waals surface area contributed by atoms with E-state index in [1.54, 1.807) is 42.5 Å². The highest BCUT2D eigenvalue weighted by molar-refractivity contribution is 6.42. The quantitative estimate of drug-likeness (QED) is 0.223. The second kappa shape index (κ2) is 9.51. The largest absolute Gasteiger partial charge is 0.457 e. The van der Waals surface area contributed by atoms with Crippen molar-refractivity contribution in [1.82, 2.24) is 9.97 Å². The van der Waals surface area contributed by atoms with E-state index in [2.05, 4.69) is 20.6 Å². The molecule has 0 saturated carbocycles. The van der Waals surface area contributed by atoms with E-state index in [0.29, 0.717) is 32.9 Å². The summed E-state index contributed by atoms with van der Waals surface area (Å²) in [5.41, 5.74) is 0.769. The van der Waals surface area contributed by atoms with Crippen LogP contribution in [-0.4, -0.2) is 14.9 Å². The topological polar surface area (TPSA) is 102 Å². The number of nitrogens with one attached hydrogen (secondary N) is 2. The molecule has 0 aliphatic rings. The average Bonchev–Trinajstić information content (AvgIpc) is 2.78. The third kappa shape index (κ3) is 5.05. The van der Waals surface area contributed by atoms with Crippen molar-refractivity contribution in [2.75, 3.05) is 10.6 Å². The Balaban J connectivity index is 1.56. The number of rotatable bonds is 7. The van der Waals surface area contributed by atoms with E-state index in [-0.39, 0.29) is 17.3 Å². The molecule has 0 amide bonds. The molecule has 0 atom stereocenters. The fourth-order valence-electron chi connectivity index (χ4n) is 2.81. The van der Waals surface area contributed by atoms with Gasteiger partial charge in [-0.15, -0.1) is 0 Å². The molecule has 0 spiro atoms. The van der Waals surface area contributed by atoms with Gasteiger partial charge in [0.1, 0.15) is 17.8 Å². The van der Waals surface area contributed by atoms with Crippen LogP contribution in [0.2, 0.25) is 10.0 Å². The van der Waals surface area contributed by atoms with Gasteiger partial charge in [-0.05, 0) is 54.6 Å². The molecule has 2 N–H and O–H groups in total. The number of benzene rings is 3. The standard InChI is InChI=1S/C22H15Cl2N5O3/c23-18-11-8-15(12-19(18)24)28-22-20(29(30)31)21(25-13-26-22)27-14-6-9-17(10-7-14)32-16-4-2-1-3-5-16/h1-13H,(H2,25,26,27,28). The van der Waals surface area contributed by atoms with Gasteiger partial charge >= 0.3 is 5.69 Å². The van der Waals surface area contributed by atoms with E-state index >= 15 is 0 Å². The highest BCUT2D eigenvalue weighted by Crippen LogP contribution is 2.34. The summed E-state index contributed by atoms with van der Waals surface area (Å²) in [4.78, 5) is 19.3. The van der Waals surface area contributed by atoms with Gasteiger partial charge < -0.3 is 15.4 Å². The molecule has 1 heterocycles. The lowest BCUT2D eigenvalue weighted by atomic mass is 10.3. The lowest BCUT2D eigenvalue weighted by Gasteiger charge is -2.11. The van der Waals surface area contributed by atoms with Gasteiger partial charge in [0.15, 0.2) is 0 Å². The minimum Gasteiger partial charge on any atom is -0.457 e. The van der Waals surface area contributed by atoms with Gasteiger partial charge in [0.25, 0.3) is 0 Å². The van der Waals surface area contributed by atoms with Crippen molar-refractivity contribution in [3.05, 3.63) is 99.3 Å². The number of nitro groups is 1. The maximum absolute atomic E-state index is 11.8. The van der Waals surface area contributed by atoms with Gasteiger partial charge in [0.05, 0.1) is 15.0 Å². The van der Waals surface area contributed by atoms with E-state index in [4.69, 9.17) is 27.9 Å². The first-order chi connectivity index (χ1) is 15.5. The Morgan fingerprint density at radius 1 is 0.781 bits per heavy atom. The summed E-state index contributed by atoms with van der Waals surface area (Å²) in [6, 6.07) is 21.1. The zero-order chi connectivity index (χ0) is 22.5. The summed E-state index contributed by atoms with van der Waals surface area (Å²) in [6.45, 7) is 0. The van der Waals surface area contributed by atoms with Crippen molar-refractivity contribution in [1.29, 1.82) is 0 Å². The number of hydrogen-bond donors (Lipinski definition) is 2. The minimum atomic E-state index is -0.560. The Kier molecular flexibility index (Phi) is 6.34. The van der Waals surface area contributed by atoms with Gasteiger partial charge in [-0.1, -0.05) is 41.4 Å². The number of ether oxygens (including phenoxy) is 1. The third-order valence-corrected chi connectivity index (χ3v) is 5.02. The van der Waals surface area contributed by atoms with Crippen LogP contribution in [0.5, 0.6) is 11.5 Å². The van der Waals surface area contributed by atoms with E-state index in [0.717, 1.165) is 0 Å². The molecule has 4 aromatic rings. The number of para-hydroxylation sites is 1. The van der Waals surface area contributed by atoms with Crippen molar-refractivity contribution in [3.8, 4) is 11.5 Å². The van der Waals surface area contributed by atoms with Gasteiger partial charge in [0, 0.05) is 11.4 Å². The van der Waals surface area contributed by atoms with E-state index in [1.807, 2.05) is 30.3 Å². The number of nitrogens with zero attached hydrogens (tertiary/aromatic N) is 3. The molecule has 1 aromatic heterocycles. The van der Waals surface area contributed by atoms with Gasteiger partial charge in [-0.2, -0.15) is 0 Å². The Hall–Kier alpha value is -3.88. The summed E-state index contributed by atoms with van der Waals surface area (Å²) >= 11 is 11.9. The summed E-state index contributed by atoms with van der Waals surface area (Å²) in [5, 5.41) is 18.3. The Bertz CT molecular complexity index is 1250. The first-order valence-corrected chi connectivity index (χ1v) is 10.1. The van der Waals surface area contributed by atoms with Crippen molar-refractivity contribution in [3.63, 3.8) is 0 Å². The fourth-order valence-corrected chi connectivity index (χ4v) is 3.11. The first-order valence-electron chi connectivity index (χ1n) is 9.31. The molecule has 8 nitrogen and oxygen atoms in total. The molecule has 32 heavy (non-hydrogen) atoms. The SMILES string of the molecule is O=[N+]([O-])c1c(Nc2ccc(Oc3ccccc3)cc2)ncnc1Nc1ccc(Cl)c(Cl)c1. The maximum atomic E-state index is 11.8. The van der Waals surface area contributed by atoms with E-state index in [1.165, 1.54) is 6.33 Å². The van der Waals surface area contributed by atoms with Crippen LogP contribution in [-0.2, 0) is 0 Å². The van der Waals surface area contributed by atoms with Crippen LogP contribution in [0, 0.1) is 10.1 Å². The second-order valence-electron chi connectivity index (χ2n) is 6.49. The monoisotopic (exact) mass is 467 g/mol. The predicted octanol–water partition coefficient (Wildman–Crippen LogP) is 6.97. The van der Waals surface area contributed by atoms with E-state index < -0.39 is 4.92 Å². The zero-order valence-electron chi connectivity index (χ0n) is 16.3. The number of aromatic nitrogens is 2. The first kappa shape index (κ1) is 21.4. The molecule has 0 aliphatic carbocycles. The fraction of sp³-hybridized carbons (Fsp3) is 0. The van der Waals surface area contributed by atoms with Crippen LogP contribution in [0.15, 0.2) is 79.1 Å². The normalized spacial score (nSPS) is 10.4. The molecule has 0 unspecified atom stereocenters. The van der Waals surface area contributed by atoms with Gasteiger partial charge in [-0.3, -0.25) is 10.1 Å². The number of halogens is 2. The second-order valence-corrected chi connectivity index (χ2v) is 7.31. The molecular weight excluding hydrogens is 453 g/mol. The van der Waals surface area contributed by atoms with Crippen molar-refractivity contribution < 1.29 is 9.66 Å².